The highest BCUT2D eigenvalue weighted by atomic mass is 35.5. The second-order valence-corrected chi connectivity index (χ2v) is 6.08. The highest BCUT2D eigenvalue weighted by molar-refractivity contribution is 6.31. The monoisotopic (exact) mass is 253 g/mol. The van der Waals surface area contributed by atoms with Crippen LogP contribution in [0.1, 0.15) is 37.1 Å². The minimum Gasteiger partial charge on any atom is -0.297 e. The van der Waals surface area contributed by atoms with E-state index < -0.39 is 0 Å². The summed E-state index contributed by atoms with van der Waals surface area (Å²) in [5.74, 6) is 1.84. The Balaban J connectivity index is 1.67. The first-order chi connectivity index (χ1) is 8.22. The van der Waals surface area contributed by atoms with Gasteiger partial charge in [-0.15, -0.1) is 0 Å². The third kappa shape index (κ3) is 2.36. The Morgan fingerprint density at radius 2 is 2.06 bits per heavy atom. The van der Waals surface area contributed by atoms with Crippen LogP contribution in [0.4, 0.5) is 0 Å². The van der Waals surface area contributed by atoms with Crippen LogP contribution in [0.25, 0.3) is 0 Å². The molecule has 2 unspecified atom stereocenters. The van der Waals surface area contributed by atoms with E-state index in [4.69, 9.17) is 11.6 Å². The van der Waals surface area contributed by atoms with E-state index in [-0.39, 0.29) is 0 Å². The fraction of sp³-hybridized carbons (Fsp3) is 0.769. The highest BCUT2D eigenvalue weighted by Crippen LogP contribution is 2.35. The van der Waals surface area contributed by atoms with Crippen molar-refractivity contribution in [1.82, 2.24) is 15.1 Å². The number of nitrogens with one attached hydrogen (secondary N) is 1. The zero-order chi connectivity index (χ0) is 11.8. The number of nitrogens with zero attached hydrogens (tertiary/aromatic N) is 2. The lowest BCUT2D eigenvalue weighted by molar-refractivity contribution is 0.0799. The van der Waals surface area contributed by atoms with Crippen molar-refractivity contribution in [2.45, 2.75) is 39.2 Å². The maximum absolute atomic E-state index is 6.23. The third-order valence-electron chi connectivity index (χ3n) is 4.24. The third-order valence-corrected chi connectivity index (χ3v) is 4.74. The first kappa shape index (κ1) is 11.5. The van der Waals surface area contributed by atoms with Gasteiger partial charge in [-0.05, 0) is 38.0 Å². The Bertz CT molecular complexity index is 389. The molecule has 2 bridgehead atoms. The van der Waals surface area contributed by atoms with E-state index in [0.29, 0.717) is 0 Å². The molecule has 1 aliphatic heterocycles. The number of hydrogen-bond acceptors (Lipinski definition) is 2. The predicted octanol–water partition coefficient (Wildman–Crippen LogP) is 2.99. The molecule has 1 N–H and O–H groups in total. The van der Waals surface area contributed by atoms with Crippen LogP contribution in [0.3, 0.4) is 0 Å². The molecule has 0 spiro atoms. The largest absolute Gasteiger partial charge is 0.297 e. The van der Waals surface area contributed by atoms with Crippen molar-refractivity contribution in [1.29, 1.82) is 0 Å². The van der Waals surface area contributed by atoms with Gasteiger partial charge in [0, 0.05) is 19.6 Å². The number of rotatable bonds is 2. The van der Waals surface area contributed by atoms with Crippen LogP contribution in [-0.2, 0) is 6.54 Å². The van der Waals surface area contributed by atoms with Gasteiger partial charge in [0.05, 0.1) is 16.4 Å². The van der Waals surface area contributed by atoms with E-state index in [1.165, 1.54) is 38.8 Å². The van der Waals surface area contributed by atoms with Crippen LogP contribution in [-0.4, -0.2) is 28.2 Å². The molecule has 4 heteroatoms. The molecule has 0 amide bonds. The highest BCUT2D eigenvalue weighted by Gasteiger charge is 2.30. The van der Waals surface area contributed by atoms with E-state index in [2.05, 4.69) is 15.1 Å². The molecule has 0 radical (unpaired) electrons. The maximum atomic E-state index is 6.23. The molecule has 1 saturated heterocycles. The van der Waals surface area contributed by atoms with Gasteiger partial charge in [0.25, 0.3) is 0 Å². The second kappa shape index (κ2) is 4.62. The number of hydrogen-bond donors (Lipinski definition) is 1. The number of piperidine rings is 1. The summed E-state index contributed by atoms with van der Waals surface area (Å²) >= 11 is 6.23. The van der Waals surface area contributed by atoms with Crippen molar-refractivity contribution in [3.05, 3.63) is 16.4 Å². The minimum absolute atomic E-state index is 0.820. The van der Waals surface area contributed by atoms with Crippen molar-refractivity contribution in [2.24, 2.45) is 11.8 Å². The summed E-state index contributed by atoms with van der Waals surface area (Å²) in [6, 6.07) is 0. The average Bonchev–Trinajstić information content (AvgIpc) is 2.61. The van der Waals surface area contributed by atoms with Crippen LogP contribution in [0, 0.1) is 18.8 Å². The zero-order valence-corrected chi connectivity index (χ0v) is 11.1. The van der Waals surface area contributed by atoms with Gasteiger partial charge in [-0.1, -0.05) is 18.0 Å². The number of aromatic amines is 1. The maximum Gasteiger partial charge on any atom is 0.0951 e. The molecular weight excluding hydrogens is 234 g/mol. The Hall–Kier alpha value is -0.540. The summed E-state index contributed by atoms with van der Waals surface area (Å²) in [5, 5.41) is 8.09. The Morgan fingerprint density at radius 3 is 2.65 bits per heavy atom. The van der Waals surface area contributed by atoms with Gasteiger partial charge in [-0.25, -0.2) is 0 Å². The first-order valence-corrected chi connectivity index (χ1v) is 7.02. The van der Waals surface area contributed by atoms with Gasteiger partial charge in [0.15, 0.2) is 0 Å². The smallest absolute Gasteiger partial charge is 0.0951 e. The quantitative estimate of drug-likeness (QED) is 0.879. The van der Waals surface area contributed by atoms with Crippen molar-refractivity contribution < 1.29 is 0 Å². The summed E-state index contributed by atoms with van der Waals surface area (Å²) < 4.78 is 0. The van der Waals surface area contributed by atoms with Gasteiger partial charge in [-0.3, -0.25) is 10.00 Å². The van der Waals surface area contributed by atoms with Crippen molar-refractivity contribution >= 4 is 11.6 Å². The van der Waals surface area contributed by atoms with E-state index >= 15 is 0 Å². The Kier molecular flexibility index (Phi) is 3.14. The van der Waals surface area contributed by atoms with Gasteiger partial charge < -0.3 is 0 Å². The molecule has 1 aromatic heterocycles. The van der Waals surface area contributed by atoms with Gasteiger partial charge in [-0.2, -0.15) is 5.10 Å². The molecule has 2 fully saturated rings. The summed E-state index contributed by atoms with van der Waals surface area (Å²) in [4.78, 5) is 2.54. The van der Waals surface area contributed by atoms with E-state index in [0.717, 1.165) is 34.8 Å². The number of fused-ring (bicyclic) bond motifs is 2. The average molecular weight is 254 g/mol. The topological polar surface area (TPSA) is 31.9 Å². The standard InChI is InChI=1S/C13H20ClN3/c1-9-13(14)12(16-15-9)8-17-6-10-3-2-4-11(5-10)7-17/h10-11H,2-8H2,1H3,(H,15,16). The lowest BCUT2D eigenvalue weighted by atomic mass is 9.78. The molecule has 2 aliphatic rings. The van der Waals surface area contributed by atoms with Crippen LogP contribution in [0.15, 0.2) is 0 Å². The van der Waals surface area contributed by atoms with Crippen LogP contribution in [0.5, 0.6) is 0 Å². The fourth-order valence-electron chi connectivity index (χ4n) is 3.45. The number of H-pyrrole nitrogens is 1. The van der Waals surface area contributed by atoms with Gasteiger partial charge in [0.1, 0.15) is 0 Å². The summed E-state index contributed by atoms with van der Waals surface area (Å²) in [6.07, 6.45) is 5.72. The van der Waals surface area contributed by atoms with Crippen molar-refractivity contribution in [3.63, 3.8) is 0 Å². The van der Waals surface area contributed by atoms with Gasteiger partial charge in [0.2, 0.25) is 0 Å². The lowest BCUT2D eigenvalue weighted by Gasteiger charge is -2.41. The number of aryl methyl sites for hydroxylation is 1. The van der Waals surface area contributed by atoms with Crippen LogP contribution < -0.4 is 0 Å². The summed E-state index contributed by atoms with van der Waals surface area (Å²) in [5.41, 5.74) is 2.00. The molecule has 2 heterocycles. The van der Waals surface area contributed by atoms with Crippen LogP contribution >= 0.6 is 11.6 Å². The van der Waals surface area contributed by atoms with Crippen molar-refractivity contribution in [2.75, 3.05) is 13.1 Å². The molecule has 94 valence electrons. The zero-order valence-electron chi connectivity index (χ0n) is 10.4. The van der Waals surface area contributed by atoms with Crippen molar-refractivity contribution in [3.8, 4) is 0 Å². The lowest BCUT2D eigenvalue weighted by Crippen LogP contribution is -2.42. The molecule has 0 aromatic carbocycles. The number of likely N-dealkylation sites (tertiary alicyclic amines) is 1. The first-order valence-electron chi connectivity index (χ1n) is 6.64. The number of aromatic nitrogens is 2. The predicted molar refractivity (Wildman–Crippen MR) is 69.1 cm³/mol. The van der Waals surface area contributed by atoms with E-state index in [1.807, 2.05) is 6.92 Å². The number of halogens is 1. The van der Waals surface area contributed by atoms with Crippen LogP contribution in [0.2, 0.25) is 5.02 Å². The summed E-state index contributed by atoms with van der Waals surface area (Å²) in [6.45, 7) is 5.36. The fourth-order valence-corrected chi connectivity index (χ4v) is 3.59. The molecule has 1 saturated carbocycles. The SMILES string of the molecule is Cc1[nH]nc(CN2CC3CCCC(C3)C2)c1Cl. The molecule has 17 heavy (non-hydrogen) atoms. The normalized spacial score (nSPS) is 29.5. The van der Waals surface area contributed by atoms with Gasteiger partial charge >= 0.3 is 0 Å². The van der Waals surface area contributed by atoms with E-state index in [1.54, 1.807) is 0 Å². The molecule has 1 aliphatic carbocycles. The minimum atomic E-state index is 0.820. The van der Waals surface area contributed by atoms with E-state index in [9.17, 15) is 0 Å². The molecule has 3 nitrogen and oxygen atoms in total. The Morgan fingerprint density at radius 1 is 1.35 bits per heavy atom. The second-order valence-electron chi connectivity index (χ2n) is 5.70. The summed E-state index contributed by atoms with van der Waals surface area (Å²) in [7, 11) is 0. The molecular formula is C13H20ClN3. The molecule has 3 rings (SSSR count). The Labute approximate surface area is 108 Å². The molecule has 2 atom stereocenters. The molecule has 1 aromatic rings.